The highest BCUT2D eigenvalue weighted by atomic mass is 35.5. The van der Waals surface area contributed by atoms with Gasteiger partial charge in [-0.2, -0.15) is 0 Å². The number of likely N-dealkylation sites (N-methyl/N-ethyl adjacent to an activating group) is 1. The Hall–Kier alpha value is -1.31. The van der Waals surface area contributed by atoms with E-state index in [0.717, 1.165) is 5.02 Å². The number of hydrogen-bond acceptors (Lipinski definition) is 1. The van der Waals surface area contributed by atoms with Crippen LogP contribution in [0.5, 0.6) is 0 Å². The highest BCUT2D eigenvalue weighted by Crippen LogP contribution is 2.41. The van der Waals surface area contributed by atoms with Gasteiger partial charge in [0.05, 0.1) is 0 Å². The summed E-state index contributed by atoms with van der Waals surface area (Å²) >= 11 is 6.40. The lowest BCUT2D eigenvalue weighted by Crippen LogP contribution is -2.27. The number of benzene rings is 2. The fourth-order valence-corrected chi connectivity index (χ4v) is 3.69. The van der Waals surface area contributed by atoms with Gasteiger partial charge in [-0.15, -0.1) is 0 Å². The van der Waals surface area contributed by atoms with Gasteiger partial charge in [-0.1, -0.05) is 54.1 Å². The van der Waals surface area contributed by atoms with Crippen molar-refractivity contribution < 1.29 is 0 Å². The molecule has 0 aliphatic heterocycles. The van der Waals surface area contributed by atoms with Crippen molar-refractivity contribution in [1.29, 1.82) is 0 Å². The second-order valence-electron chi connectivity index (χ2n) is 5.49. The highest BCUT2D eigenvalue weighted by Gasteiger charge is 2.28. The smallest absolute Gasteiger partial charge is 0.0454 e. The minimum Gasteiger partial charge on any atom is -0.312 e. The van der Waals surface area contributed by atoms with Crippen LogP contribution >= 0.6 is 11.6 Å². The van der Waals surface area contributed by atoms with E-state index in [-0.39, 0.29) is 6.04 Å². The van der Waals surface area contributed by atoms with Crippen LogP contribution in [0.1, 0.15) is 41.5 Å². The molecule has 0 bridgehead atoms. The molecule has 0 aromatic heterocycles. The number of rotatable bonds is 3. The summed E-state index contributed by atoms with van der Waals surface area (Å²) in [6.07, 6.45) is 3.67. The van der Waals surface area contributed by atoms with Gasteiger partial charge in [0.1, 0.15) is 0 Å². The van der Waals surface area contributed by atoms with Crippen molar-refractivity contribution in [1.82, 2.24) is 5.32 Å². The maximum absolute atomic E-state index is 6.40. The summed E-state index contributed by atoms with van der Waals surface area (Å²) < 4.78 is 0. The third-order valence-electron chi connectivity index (χ3n) is 4.37. The van der Waals surface area contributed by atoms with Crippen LogP contribution in [-0.4, -0.2) is 7.05 Å². The maximum Gasteiger partial charge on any atom is 0.0454 e. The summed E-state index contributed by atoms with van der Waals surface area (Å²) in [5, 5.41) is 4.34. The normalized spacial score (nSPS) is 19.4. The Balaban J connectivity index is 2.01. The average Bonchev–Trinajstić information content (AvgIpc) is 2.50. The molecule has 0 saturated carbocycles. The minimum absolute atomic E-state index is 0.283. The van der Waals surface area contributed by atoms with Gasteiger partial charge in [0.25, 0.3) is 0 Å². The van der Waals surface area contributed by atoms with Crippen molar-refractivity contribution in [3.63, 3.8) is 0 Å². The first-order chi connectivity index (χ1) is 9.81. The van der Waals surface area contributed by atoms with Gasteiger partial charge in [0.15, 0.2) is 0 Å². The standard InChI is InChI=1S/C18H20ClN/c1-20-18(16-10-4-5-12-17(16)19)15-11-6-8-13-7-2-3-9-14(13)15/h2-5,7,9-10,12,15,18,20H,6,8,11H2,1H3. The Bertz CT molecular complexity index is 593. The molecule has 0 heterocycles. The van der Waals surface area contributed by atoms with E-state index < -0.39 is 0 Å². The maximum atomic E-state index is 6.40. The topological polar surface area (TPSA) is 12.0 Å². The van der Waals surface area contributed by atoms with Crippen LogP contribution in [0, 0.1) is 0 Å². The van der Waals surface area contributed by atoms with Crippen LogP contribution in [0.25, 0.3) is 0 Å². The fraction of sp³-hybridized carbons (Fsp3) is 0.333. The van der Waals surface area contributed by atoms with Crippen molar-refractivity contribution in [3.05, 3.63) is 70.2 Å². The average molecular weight is 286 g/mol. The first kappa shape index (κ1) is 13.7. The van der Waals surface area contributed by atoms with Crippen molar-refractivity contribution in [2.24, 2.45) is 0 Å². The molecule has 0 spiro atoms. The lowest BCUT2D eigenvalue weighted by atomic mass is 9.77. The van der Waals surface area contributed by atoms with E-state index in [9.17, 15) is 0 Å². The molecule has 3 rings (SSSR count). The van der Waals surface area contributed by atoms with Crippen LogP contribution in [0.15, 0.2) is 48.5 Å². The molecule has 1 N–H and O–H groups in total. The molecule has 0 fully saturated rings. The summed E-state index contributed by atoms with van der Waals surface area (Å²) in [5.41, 5.74) is 4.19. The van der Waals surface area contributed by atoms with E-state index >= 15 is 0 Å². The molecule has 20 heavy (non-hydrogen) atoms. The minimum atomic E-state index is 0.283. The Kier molecular flexibility index (Phi) is 4.09. The summed E-state index contributed by atoms with van der Waals surface area (Å²) in [6, 6.07) is 17.3. The van der Waals surface area contributed by atoms with E-state index in [1.807, 2.05) is 19.2 Å². The van der Waals surface area contributed by atoms with Gasteiger partial charge >= 0.3 is 0 Å². The molecule has 2 atom stereocenters. The van der Waals surface area contributed by atoms with Gasteiger partial charge in [-0.05, 0) is 49.1 Å². The molecule has 0 saturated heterocycles. The van der Waals surface area contributed by atoms with Crippen molar-refractivity contribution in [2.75, 3.05) is 7.05 Å². The number of hydrogen-bond donors (Lipinski definition) is 1. The first-order valence-corrected chi connectivity index (χ1v) is 7.68. The zero-order chi connectivity index (χ0) is 13.9. The Morgan fingerprint density at radius 1 is 1.10 bits per heavy atom. The van der Waals surface area contributed by atoms with E-state index in [1.54, 1.807) is 0 Å². The molecular formula is C18H20ClN. The van der Waals surface area contributed by atoms with E-state index in [4.69, 9.17) is 11.6 Å². The van der Waals surface area contributed by atoms with Gasteiger partial charge in [0, 0.05) is 17.0 Å². The largest absolute Gasteiger partial charge is 0.312 e. The predicted molar refractivity (Wildman–Crippen MR) is 85.4 cm³/mol. The van der Waals surface area contributed by atoms with Crippen molar-refractivity contribution >= 4 is 11.6 Å². The molecule has 2 aromatic carbocycles. The van der Waals surface area contributed by atoms with Crippen LogP contribution in [0.4, 0.5) is 0 Å². The molecule has 1 aliphatic carbocycles. The van der Waals surface area contributed by atoms with Crippen molar-refractivity contribution in [3.8, 4) is 0 Å². The summed E-state index contributed by atoms with van der Waals surface area (Å²) in [6.45, 7) is 0. The summed E-state index contributed by atoms with van der Waals surface area (Å²) in [7, 11) is 2.03. The Morgan fingerprint density at radius 2 is 1.85 bits per heavy atom. The number of halogens is 1. The molecule has 1 nitrogen and oxygen atoms in total. The number of aryl methyl sites for hydroxylation is 1. The molecule has 0 radical (unpaired) electrons. The van der Waals surface area contributed by atoms with Gasteiger partial charge < -0.3 is 5.32 Å². The van der Waals surface area contributed by atoms with E-state index in [2.05, 4.69) is 41.7 Å². The molecule has 0 amide bonds. The number of fused-ring (bicyclic) bond motifs is 1. The quantitative estimate of drug-likeness (QED) is 0.860. The molecule has 2 unspecified atom stereocenters. The summed E-state index contributed by atoms with van der Waals surface area (Å²) in [4.78, 5) is 0. The lowest BCUT2D eigenvalue weighted by Gasteiger charge is -2.33. The Labute approximate surface area is 126 Å². The monoisotopic (exact) mass is 285 g/mol. The zero-order valence-corrected chi connectivity index (χ0v) is 12.5. The lowest BCUT2D eigenvalue weighted by molar-refractivity contribution is 0.425. The fourth-order valence-electron chi connectivity index (χ4n) is 3.44. The second kappa shape index (κ2) is 5.99. The zero-order valence-electron chi connectivity index (χ0n) is 11.8. The second-order valence-corrected chi connectivity index (χ2v) is 5.89. The molecule has 1 aliphatic rings. The van der Waals surface area contributed by atoms with E-state index in [1.165, 1.54) is 36.0 Å². The van der Waals surface area contributed by atoms with Gasteiger partial charge in [-0.3, -0.25) is 0 Å². The third-order valence-corrected chi connectivity index (χ3v) is 4.71. The molecule has 2 aromatic rings. The van der Waals surface area contributed by atoms with Gasteiger partial charge in [0.2, 0.25) is 0 Å². The number of nitrogens with one attached hydrogen (secondary N) is 1. The SMILES string of the molecule is CNC(c1ccccc1Cl)C1CCCc2ccccc21. The molecule has 2 heteroatoms. The first-order valence-electron chi connectivity index (χ1n) is 7.30. The molecule has 104 valence electrons. The third kappa shape index (κ3) is 2.48. The summed E-state index contributed by atoms with van der Waals surface area (Å²) in [5.74, 6) is 0.504. The van der Waals surface area contributed by atoms with Crippen molar-refractivity contribution in [2.45, 2.75) is 31.2 Å². The van der Waals surface area contributed by atoms with Gasteiger partial charge in [-0.25, -0.2) is 0 Å². The highest BCUT2D eigenvalue weighted by molar-refractivity contribution is 6.31. The predicted octanol–water partition coefficient (Wildman–Crippen LogP) is 4.72. The van der Waals surface area contributed by atoms with Crippen LogP contribution < -0.4 is 5.32 Å². The van der Waals surface area contributed by atoms with Crippen LogP contribution in [0.2, 0.25) is 5.02 Å². The Morgan fingerprint density at radius 3 is 2.65 bits per heavy atom. The van der Waals surface area contributed by atoms with E-state index in [0.29, 0.717) is 5.92 Å². The molecular weight excluding hydrogens is 266 g/mol. The van der Waals surface area contributed by atoms with Crippen LogP contribution in [0.3, 0.4) is 0 Å². The van der Waals surface area contributed by atoms with Crippen LogP contribution in [-0.2, 0) is 6.42 Å².